The molecule has 3 aromatic rings. The molecule has 0 bridgehead atoms. The number of hydrogen-bond donors (Lipinski definition) is 3. The van der Waals surface area contributed by atoms with E-state index >= 15 is 0 Å². The van der Waals surface area contributed by atoms with Crippen molar-refractivity contribution in [1.29, 1.82) is 0 Å². The zero-order valence-electron chi connectivity index (χ0n) is 19.8. The Morgan fingerprint density at radius 1 is 1.21 bits per heavy atom. The second kappa shape index (κ2) is 12.0. The van der Waals surface area contributed by atoms with Crippen LogP contribution < -0.4 is 17.3 Å². The fourth-order valence-corrected chi connectivity index (χ4v) is 4.22. The Morgan fingerprint density at radius 3 is 2.64 bits per heavy atom. The molecule has 0 atom stereocenters. The van der Waals surface area contributed by atoms with Gasteiger partial charge in [-0.15, -0.1) is 0 Å². The number of benzene rings is 1. The smallest absolute Gasteiger partial charge is 0.325 e. The minimum Gasteiger partial charge on any atom is -0.382 e. The van der Waals surface area contributed by atoms with Crippen LogP contribution in [0.25, 0.3) is 11.3 Å². The minimum atomic E-state index is 0.0815. The lowest BCUT2D eigenvalue weighted by atomic mass is 10.0. The number of rotatable bonds is 7. The predicted molar refractivity (Wildman–Crippen MR) is 135 cm³/mol. The highest BCUT2D eigenvalue weighted by molar-refractivity contribution is 6.02. The van der Waals surface area contributed by atoms with Crippen molar-refractivity contribution in [2.45, 2.75) is 65.3 Å². The largest absolute Gasteiger partial charge is 0.382 e. The van der Waals surface area contributed by atoms with Gasteiger partial charge in [-0.25, -0.2) is 4.79 Å². The Bertz CT molecular complexity index is 1090. The summed E-state index contributed by atoms with van der Waals surface area (Å²) in [6, 6.07) is 11.6. The van der Waals surface area contributed by atoms with Gasteiger partial charge < -0.3 is 16.6 Å². The molecule has 1 fully saturated rings. The second-order valence-electron chi connectivity index (χ2n) is 8.77. The number of pyridine rings is 1. The highest BCUT2D eigenvalue weighted by Crippen LogP contribution is 2.25. The maximum absolute atomic E-state index is 11.7. The van der Waals surface area contributed by atoms with E-state index in [1.807, 2.05) is 60.3 Å². The number of hydrazone groups is 1. The summed E-state index contributed by atoms with van der Waals surface area (Å²) in [5.74, 6) is 6.26. The predicted octanol–water partition coefficient (Wildman–Crippen LogP) is 4.35. The van der Waals surface area contributed by atoms with Crippen LogP contribution in [0.3, 0.4) is 0 Å². The van der Waals surface area contributed by atoms with Crippen LogP contribution in [0.15, 0.2) is 58.7 Å². The highest BCUT2D eigenvalue weighted by Gasteiger charge is 2.16. The lowest BCUT2D eigenvalue weighted by Gasteiger charge is -2.07. The van der Waals surface area contributed by atoms with Crippen LogP contribution in [0, 0.1) is 12.8 Å². The molecule has 0 radical (unpaired) electrons. The molecular weight excluding hydrogens is 412 g/mol. The van der Waals surface area contributed by atoms with Crippen molar-refractivity contribution in [2.75, 3.05) is 0 Å². The van der Waals surface area contributed by atoms with Crippen molar-refractivity contribution in [3.8, 4) is 11.3 Å². The van der Waals surface area contributed by atoms with Gasteiger partial charge >= 0.3 is 5.69 Å². The summed E-state index contributed by atoms with van der Waals surface area (Å²) in [5.41, 5.74) is 10.6. The van der Waals surface area contributed by atoms with Gasteiger partial charge in [0.2, 0.25) is 0 Å². The van der Waals surface area contributed by atoms with Gasteiger partial charge in [-0.3, -0.25) is 9.55 Å². The van der Waals surface area contributed by atoms with Crippen LogP contribution >= 0.6 is 0 Å². The van der Waals surface area contributed by atoms with Gasteiger partial charge in [0.05, 0.1) is 5.69 Å². The Kier molecular flexibility index (Phi) is 8.87. The normalized spacial score (nSPS) is 14.2. The van der Waals surface area contributed by atoms with E-state index in [4.69, 9.17) is 11.6 Å². The van der Waals surface area contributed by atoms with E-state index in [1.165, 1.54) is 32.1 Å². The molecule has 2 aromatic heterocycles. The molecule has 33 heavy (non-hydrogen) atoms. The first-order chi connectivity index (χ1) is 16.0. The van der Waals surface area contributed by atoms with Crippen molar-refractivity contribution in [2.24, 2.45) is 22.6 Å². The molecule has 0 amide bonds. The molecule has 2 heterocycles. The van der Waals surface area contributed by atoms with Crippen molar-refractivity contribution in [1.82, 2.24) is 14.5 Å². The van der Waals surface area contributed by atoms with Crippen LogP contribution in [0.5, 0.6) is 0 Å². The maximum atomic E-state index is 11.7. The van der Waals surface area contributed by atoms with Crippen molar-refractivity contribution < 1.29 is 0 Å². The van der Waals surface area contributed by atoms with Crippen molar-refractivity contribution >= 4 is 5.84 Å². The Balaban J connectivity index is 0.000000186. The number of aromatic amines is 1. The topological polar surface area (TPSA) is 115 Å². The number of nitrogens with zero attached hydrogens (tertiary/aromatic N) is 3. The standard InChI is InChI=1S/C13H14N4.C13H22N2O/c1-9-6-7-12(16-8-9)10-4-2-3-5-11(10)13(14)17-15;1-2-3-8-12-10-15(13(16)14-12)9-11-6-4-5-7-11/h2-8H,15H2,1H3,(H2,14,17);10-11H,2-9H2,1H3,(H,14,16). The summed E-state index contributed by atoms with van der Waals surface area (Å²) in [7, 11) is 0. The summed E-state index contributed by atoms with van der Waals surface area (Å²) in [4.78, 5) is 19.0. The van der Waals surface area contributed by atoms with E-state index < -0.39 is 0 Å². The highest BCUT2D eigenvalue weighted by atomic mass is 16.1. The third-order valence-electron chi connectivity index (χ3n) is 6.10. The molecular formula is C26H36N6O. The molecule has 1 aliphatic carbocycles. The molecule has 1 saturated carbocycles. The number of unbranched alkanes of at least 4 members (excludes halogenated alkanes) is 1. The number of nitrogens with two attached hydrogens (primary N) is 2. The Morgan fingerprint density at radius 2 is 1.97 bits per heavy atom. The Labute approximate surface area is 195 Å². The molecule has 0 unspecified atom stereocenters. The average Bonchev–Trinajstić information content (AvgIpc) is 3.48. The Hall–Kier alpha value is -3.35. The van der Waals surface area contributed by atoms with E-state index in [1.54, 1.807) is 0 Å². The molecule has 176 valence electrons. The van der Waals surface area contributed by atoms with Crippen LogP contribution in [0.2, 0.25) is 0 Å². The number of amidine groups is 1. The number of H-pyrrole nitrogens is 1. The monoisotopic (exact) mass is 448 g/mol. The number of nitrogens with one attached hydrogen (secondary N) is 1. The average molecular weight is 449 g/mol. The van der Waals surface area contributed by atoms with Gasteiger partial charge in [-0.2, -0.15) is 5.10 Å². The first kappa shape index (κ1) is 24.3. The fraction of sp³-hybridized carbons (Fsp3) is 0.423. The summed E-state index contributed by atoms with van der Waals surface area (Å²) in [6.45, 7) is 5.09. The van der Waals surface area contributed by atoms with Gasteiger partial charge in [0.15, 0.2) is 5.84 Å². The third kappa shape index (κ3) is 6.81. The fourth-order valence-electron chi connectivity index (χ4n) is 4.22. The first-order valence-electron chi connectivity index (χ1n) is 11.9. The summed E-state index contributed by atoms with van der Waals surface area (Å²) in [6.07, 6.45) is 12.4. The summed E-state index contributed by atoms with van der Waals surface area (Å²) in [5, 5.41) is 3.53. The summed E-state index contributed by atoms with van der Waals surface area (Å²) >= 11 is 0. The lowest BCUT2D eigenvalue weighted by molar-refractivity contribution is 0.450. The van der Waals surface area contributed by atoms with E-state index in [9.17, 15) is 4.79 Å². The van der Waals surface area contributed by atoms with Gasteiger partial charge in [-0.05, 0) is 50.2 Å². The molecule has 4 rings (SSSR count). The van der Waals surface area contributed by atoms with E-state index in [0.717, 1.165) is 53.4 Å². The quantitative estimate of drug-likeness (QED) is 0.216. The van der Waals surface area contributed by atoms with Gasteiger partial charge in [0, 0.05) is 35.8 Å². The minimum absolute atomic E-state index is 0.0815. The number of aromatic nitrogens is 3. The molecule has 1 aliphatic rings. The number of hydrogen-bond acceptors (Lipinski definition) is 4. The van der Waals surface area contributed by atoms with Crippen LogP contribution in [-0.4, -0.2) is 20.4 Å². The maximum Gasteiger partial charge on any atom is 0.325 e. The first-order valence-corrected chi connectivity index (χ1v) is 11.9. The zero-order valence-corrected chi connectivity index (χ0v) is 19.8. The number of imidazole rings is 1. The van der Waals surface area contributed by atoms with E-state index in [2.05, 4.69) is 22.0 Å². The number of aryl methyl sites for hydroxylation is 2. The van der Waals surface area contributed by atoms with E-state index in [0.29, 0.717) is 5.84 Å². The van der Waals surface area contributed by atoms with Crippen molar-refractivity contribution in [3.05, 3.63) is 76.1 Å². The van der Waals surface area contributed by atoms with Gasteiger partial charge in [0.1, 0.15) is 0 Å². The lowest BCUT2D eigenvalue weighted by Crippen LogP contribution is -2.19. The second-order valence-corrected chi connectivity index (χ2v) is 8.77. The molecule has 0 spiro atoms. The molecule has 7 nitrogen and oxygen atoms in total. The van der Waals surface area contributed by atoms with Crippen LogP contribution in [-0.2, 0) is 13.0 Å². The van der Waals surface area contributed by atoms with Crippen LogP contribution in [0.1, 0.15) is 62.3 Å². The SMILES string of the molecule is CCCCc1cn(CC2CCCC2)c(=O)[nH]1.Cc1ccc(-c2ccccc2/C(N)=N/N)nc1. The third-order valence-corrected chi connectivity index (χ3v) is 6.10. The van der Waals surface area contributed by atoms with Crippen LogP contribution in [0.4, 0.5) is 0 Å². The molecule has 7 heteroatoms. The molecule has 0 saturated heterocycles. The van der Waals surface area contributed by atoms with Gasteiger partial charge in [-0.1, -0.05) is 56.5 Å². The molecule has 0 aliphatic heterocycles. The summed E-state index contributed by atoms with van der Waals surface area (Å²) < 4.78 is 1.88. The molecule has 5 N–H and O–H groups in total. The zero-order chi connectivity index (χ0) is 23.6. The van der Waals surface area contributed by atoms with E-state index in [-0.39, 0.29) is 5.69 Å². The van der Waals surface area contributed by atoms with Crippen molar-refractivity contribution in [3.63, 3.8) is 0 Å². The molecule has 1 aromatic carbocycles. The van der Waals surface area contributed by atoms with Gasteiger partial charge in [0.25, 0.3) is 0 Å².